The molecule has 88 valence electrons. The van der Waals surface area contributed by atoms with E-state index >= 15 is 0 Å². The molecule has 0 aliphatic carbocycles. The molecular weight excluding hydrogens is 234 g/mol. The molecular formula is C11H13ClF2N2. The van der Waals surface area contributed by atoms with Crippen molar-refractivity contribution in [3.05, 3.63) is 34.4 Å². The number of hydrogen-bond acceptors (Lipinski definition) is 2. The Kier molecular flexibility index (Phi) is 3.74. The molecule has 0 unspecified atom stereocenters. The molecule has 1 heterocycles. The maximum Gasteiger partial charge on any atom is 0.142 e. The van der Waals surface area contributed by atoms with Crippen LogP contribution in [0.4, 0.5) is 8.78 Å². The van der Waals surface area contributed by atoms with Gasteiger partial charge in [-0.3, -0.25) is 4.90 Å². The van der Waals surface area contributed by atoms with E-state index in [9.17, 15) is 8.78 Å². The second-order valence-electron chi connectivity index (χ2n) is 3.88. The van der Waals surface area contributed by atoms with Crippen molar-refractivity contribution in [1.29, 1.82) is 0 Å². The monoisotopic (exact) mass is 246 g/mol. The summed E-state index contributed by atoms with van der Waals surface area (Å²) in [6.45, 7) is 3.91. The Bertz CT molecular complexity index is 378. The van der Waals surface area contributed by atoms with Gasteiger partial charge in [-0.2, -0.15) is 0 Å². The summed E-state index contributed by atoms with van der Waals surface area (Å²) in [6.07, 6.45) is 0. The van der Waals surface area contributed by atoms with Gasteiger partial charge < -0.3 is 5.32 Å². The molecule has 1 N–H and O–H groups in total. The fourth-order valence-electron chi connectivity index (χ4n) is 1.80. The van der Waals surface area contributed by atoms with E-state index in [0.717, 1.165) is 32.2 Å². The average Bonchev–Trinajstić information content (AvgIpc) is 2.27. The normalized spacial score (nSPS) is 17.7. The molecule has 1 aromatic rings. The zero-order chi connectivity index (χ0) is 11.5. The van der Waals surface area contributed by atoms with Crippen molar-refractivity contribution in [2.24, 2.45) is 0 Å². The van der Waals surface area contributed by atoms with E-state index in [0.29, 0.717) is 12.1 Å². The van der Waals surface area contributed by atoms with Crippen LogP contribution in [0, 0.1) is 11.6 Å². The maximum absolute atomic E-state index is 13.5. The van der Waals surface area contributed by atoms with E-state index in [1.807, 2.05) is 0 Å². The number of nitrogens with zero attached hydrogens (tertiary/aromatic N) is 1. The van der Waals surface area contributed by atoms with Gasteiger partial charge in [0, 0.05) is 38.3 Å². The van der Waals surface area contributed by atoms with Crippen molar-refractivity contribution >= 4 is 11.6 Å². The Morgan fingerprint density at radius 1 is 1.19 bits per heavy atom. The molecule has 0 amide bonds. The summed E-state index contributed by atoms with van der Waals surface area (Å²) in [5.41, 5.74) is 0.365. The van der Waals surface area contributed by atoms with Gasteiger partial charge in [0.05, 0.1) is 5.02 Å². The van der Waals surface area contributed by atoms with Crippen molar-refractivity contribution in [3.8, 4) is 0 Å². The summed E-state index contributed by atoms with van der Waals surface area (Å²) < 4.78 is 26.7. The van der Waals surface area contributed by atoms with Gasteiger partial charge in [0.15, 0.2) is 0 Å². The number of nitrogens with one attached hydrogen (secondary N) is 1. The fourth-order valence-corrected chi connectivity index (χ4v) is 1.95. The van der Waals surface area contributed by atoms with Crippen LogP contribution in [0.2, 0.25) is 5.02 Å². The molecule has 1 fully saturated rings. The van der Waals surface area contributed by atoms with Crippen LogP contribution in [0.3, 0.4) is 0 Å². The number of halogens is 3. The highest BCUT2D eigenvalue weighted by molar-refractivity contribution is 6.30. The van der Waals surface area contributed by atoms with E-state index in [1.165, 1.54) is 6.07 Å². The van der Waals surface area contributed by atoms with Gasteiger partial charge in [-0.1, -0.05) is 11.6 Å². The lowest BCUT2D eigenvalue weighted by molar-refractivity contribution is 0.230. The van der Waals surface area contributed by atoms with Crippen LogP contribution in [-0.2, 0) is 6.54 Å². The van der Waals surface area contributed by atoms with Crippen LogP contribution in [0.15, 0.2) is 12.1 Å². The van der Waals surface area contributed by atoms with Crippen molar-refractivity contribution in [2.75, 3.05) is 26.2 Å². The molecule has 0 saturated carbocycles. The number of benzene rings is 1. The highest BCUT2D eigenvalue weighted by atomic mass is 35.5. The molecule has 1 aliphatic heterocycles. The van der Waals surface area contributed by atoms with Crippen molar-refractivity contribution in [2.45, 2.75) is 6.54 Å². The smallest absolute Gasteiger partial charge is 0.142 e. The molecule has 5 heteroatoms. The molecule has 16 heavy (non-hydrogen) atoms. The van der Waals surface area contributed by atoms with E-state index in [4.69, 9.17) is 11.6 Å². The van der Waals surface area contributed by atoms with E-state index < -0.39 is 11.6 Å². The molecule has 1 aromatic carbocycles. The van der Waals surface area contributed by atoms with Crippen molar-refractivity contribution in [1.82, 2.24) is 10.2 Å². The van der Waals surface area contributed by atoms with Gasteiger partial charge >= 0.3 is 0 Å². The zero-order valence-corrected chi connectivity index (χ0v) is 9.53. The third-order valence-corrected chi connectivity index (χ3v) is 2.98. The lowest BCUT2D eigenvalue weighted by atomic mass is 10.2. The van der Waals surface area contributed by atoms with Crippen LogP contribution in [-0.4, -0.2) is 31.1 Å². The molecule has 2 rings (SSSR count). The third kappa shape index (κ3) is 2.70. The van der Waals surface area contributed by atoms with E-state index in [-0.39, 0.29) is 5.02 Å². The second-order valence-corrected chi connectivity index (χ2v) is 4.29. The lowest BCUT2D eigenvalue weighted by Gasteiger charge is -2.27. The summed E-state index contributed by atoms with van der Waals surface area (Å²) in [4.78, 5) is 2.09. The Labute approximate surface area is 98.2 Å². The predicted octanol–water partition coefficient (Wildman–Crippen LogP) is 2.02. The first-order valence-electron chi connectivity index (χ1n) is 5.23. The Hall–Kier alpha value is -0.710. The van der Waals surface area contributed by atoms with E-state index in [2.05, 4.69) is 10.2 Å². The molecule has 0 radical (unpaired) electrons. The largest absolute Gasteiger partial charge is 0.314 e. The topological polar surface area (TPSA) is 15.3 Å². The molecule has 1 aliphatic rings. The third-order valence-electron chi connectivity index (χ3n) is 2.69. The summed E-state index contributed by atoms with van der Waals surface area (Å²) in [5, 5.41) is 3.04. The molecule has 1 saturated heterocycles. The first kappa shape index (κ1) is 11.8. The van der Waals surface area contributed by atoms with Crippen molar-refractivity contribution < 1.29 is 8.78 Å². The number of hydrogen-bond donors (Lipinski definition) is 1. The average molecular weight is 247 g/mol. The van der Waals surface area contributed by atoms with Gasteiger partial charge in [-0.25, -0.2) is 8.78 Å². The quantitative estimate of drug-likeness (QED) is 0.804. The van der Waals surface area contributed by atoms with Gasteiger partial charge in [-0.05, 0) is 12.1 Å². The van der Waals surface area contributed by atoms with E-state index in [1.54, 1.807) is 0 Å². The highest BCUT2D eigenvalue weighted by Crippen LogP contribution is 2.20. The SMILES string of the molecule is Fc1cc(CN2CCNCC2)c(F)cc1Cl. The van der Waals surface area contributed by atoms with Crippen molar-refractivity contribution in [3.63, 3.8) is 0 Å². The minimum absolute atomic E-state index is 0.165. The molecule has 0 spiro atoms. The Morgan fingerprint density at radius 2 is 1.88 bits per heavy atom. The Balaban J connectivity index is 2.11. The first-order valence-corrected chi connectivity index (χ1v) is 5.61. The maximum atomic E-state index is 13.5. The summed E-state index contributed by atoms with van der Waals surface area (Å²) in [6, 6.07) is 2.22. The highest BCUT2D eigenvalue weighted by Gasteiger charge is 2.14. The van der Waals surface area contributed by atoms with Crippen LogP contribution in [0.1, 0.15) is 5.56 Å². The minimum atomic E-state index is -0.562. The standard InChI is InChI=1S/C11H13ClF2N2/c12-9-6-10(13)8(5-11(9)14)7-16-3-1-15-2-4-16/h5-6,15H,1-4,7H2. The van der Waals surface area contributed by atoms with Crippen LogP contribution >= 0.6 is 11.6 Å². The zero-order valence-electron chi connectivity index (χ0n) is 8.77. The molecule has 0 atom stereocenters. The number of rotatable bonds is 2. The Morgan fingerprint density at radius 3 is 2.56 bits per heavy atom. The van der Waals surface area contributed by atoms with Crippen LogP contribution in [0.25, 0.3) is 0 Å². The summed E-state index contributed by atoms with van der Waals surface area (Å²) >= 11 is 5.49. The summed E-state index contributed by atoms with van der Waals surface area (Å²) in [5.74, 6) is -1.00. The predicted molar refractivity (Wildman–Crippen MR) is 59.5 cm³/mol. The van der Waals surface area contributed by atoms with Gasteiger partial charge in [-0.15, -0.1) is 0 Å². The minimum Gasteiger partial charge on any atom is -0.314 e. The fraction of sp³-hybridized carbons (Fsp3) is 0.455. The summed E-state index contributed by atoms with van der Waals surface area (Å²) in [7, 11) is 0. The van der Waals surface area contributed by atoms with Crippen LogP contribution < -0.4 is 5.32 Å². The van der Waals surface area contributed by atoms with Gasteiger partial charge in [0.2, 0.25) is 0 Å². The van der Waals surface area contributed by atoms with Gasteiger partial charge in [0.1, 0.15) is 11.6 Å². The molecule has 0 bridgehead atoms. The lowest BCUT2D eigenvalue weighted by Crippen LogP contribution is -2.43. The molecule has 2 nitrogen and oxygen atoms in total. The second kappa shape index (κ2) is 5.08. The van der Waals surface area contributed by atoms with Gasteiger partial charge in [0.25, 0.3) is 0 Å². The molecule has 0 aromatic heterocycles. The first-order chi connectivity index (χ1) is 7.66. The van der Waals surface area contributed by atoms with Crippen LogP contribution in [0.5, 0.6) is 0 Å². The number of piperazine rings is 1.